The van der Waals surface area contributed by atoms with Crippen LogP contribution in [0, 0.1) is 0 Å². The number of fused-ring (bicyclic) bond motifs is 3. The number of nitrogens with zero attached hydrogens (tertiary/aromatic N) is 3. The molecule has 2 aliphatic heterocycles. The van der Waals surface area contributed by atoms with E-state index in [-0.39, 0.29) is 24.4 Å². The summed E-state index contributed by atoms with van der Waals surface area (Å²) in [7, 11) is 0. The highest BCUT2D eigenvalue weighted by Crippen LogP contribution is 2.33. The van der Waals surface area contributed by atoms with E-state index < -0.39 is 0 Å². The van der Waals surface area contributed by atoms with Crippen LogP contribution >= 0.6 is 0 Å². The molecule has 5 heteroatoms. The van der Waals surface area contributed by atoms with Crippen molar-refractivity contribution in [3.63, 3.8) is 0 Å². The first kappa shape index (κ1) is 13.9. The van der Waals surface area contributed by atoms with Crippen molar-refractivity contribution in [1.29, 1.82) is 0 Å². The van der Waals surface area contributed by atoms with Gasteiger partial charge in [-0.15, -0.1) is 0 Å². The molecule has 0 bridgehead atoms. The molecule has 2 aliphatic rings. The Morgan fingerprint density at radius 3 is 2.87 bits per heavy atom. The van der Waals surface area contributed by atoms with Crippen molar-refractivity contribution in [2.75, 3.05) is 19.6 Å². The van der Waals surface area contributed by atoms with E-state index in [1.165, 1.54) is 5.56 Å². The van der Waals surface area contributed by atoms with Gasteiger partial charge in [0.1, 0.15) is 6.54 Å². The second-order valence-corrected chi connectivity index (χ2v) is 5.98. The number of benzene rings is 1. The van der Waals surface area contributed by atoms with Gasteiger partial charge in [0.05, 0.1) is 11.6 Å². The van der Waals surface area contributed by atoms with E-state index in [9.17, 15) is 9.59 Å². The third-order valence-electron chi connectivity index (χ3n) is 4.65. The van der Waals surface area contributed by atoms with Crippen molar-refractivity contribution in [2.24, 2.45) is 0 Å². The number of rotatable bonds is 1. The normalized spacial score (nSPS) is 20.0. The molecule has 0 spiro atoms. The molecular formula is C18H17N3O2. The quantitative estimate of drug-likeness (QED) is 0.805. The summed E-state index contributed by atoms with van der Waals surface area (Å²) < 4.78 is 0. The summed E-state index contributed by atoms with van der Waals surface area (Å²) in [6, 6.07) is 11.6. The largest absolute Gasteiger partial charge is 0.332 e. The number of amides is 2. The molecule has 2 aromatic rings. The lowest BCUT2D eigenvalue weighted by Gasteiger charge is -2.44. The second kappa shape index (κ2) is 5.50. The van der Waals surface area contributed by atoms with Crippen LogP contribution in [0.4, 0.5) is 0 Å². The second-order valence-electron chi connectivity index (χ2n) is 5.98. The van der Waals surface area contributed by atoms with E-state index in [4.69, 9.17) is 0 Å². The van der Waals surface area contributed by atoms with Gasteiger partial charge in [-0.2, -0.15) is 0 Å². The van der Waals surface area contributed by atoms with Gasteiger partial charge in [0, 0.05) is 25.5 Å². The lowest BCUT2D eigenvalue weighted by Crippen LogP contribution is -2.55. The minimum Gasteiger partial charge on any atom is -0.332 e. The Morgan fingerprint density at radius 2 is 2.04 bits per heavy atom. The van der Waals surface area contributed by atoms with Crippen LogP contribution in [0.3, 0.4) is 0 Å². The Labute approximate surface area is 134 Å². The molecule has 0 aliphatic carbocycles. The minimum atomic E-state index is -0.130. The molecule has 3 heterocycles. The van der Waals surface area contributed by atoms with Gasteiger partial charge in [0.2, 0.25) is 5.91 Å². The lowest BCUT2D eigenvalue weighted by molar-refractivity contribution is -0.139. The fourth-order valence-corrected chi connectivity index (χ4v) is 3.50. The number of aromatic nitrogens is 1. The molecule has 2 amide bonds. The van der Waals surface area contributed by atoms with Crippen LogP contribution < -0.4 is 0 Å². The third kappa shape index (κ3) is 2.38. The van der Waals surface area contributed by atoms with Gasteiger partial charge in [-0.25, -0.2) is 0 Å². The van der Waals surface area contributed by atoms with Crippen molar-refractivity contribution < 1.29 is 9.59 Å². The number of pyridine rings is 1. The van der Waals surface area contributed by atoms with E-state index in [1.54, 1.807) is 29.4 Å². The van der Waals surface area contributed by atoms with E-state index in [1.807, 2.05) is 17.0 Å². The van der Waals surface area contributed by atoms with Gasteiger partial charge >= 0.3 is 0 Å². The predicted octanol–water partition coefficient (Wildman–Crippen LogP) is 1.66. The Hall–Kier alpha value is -2.69. The molecule has 1 unspecified atom stereocenters. The first-order valence-electron chi connectivity index (χ1n) is 7.80. The van der Waals surface area contributed by atoms with Crippen LogP contribution in [0.25, 0.3) is 0 Å². The molecule has 23 heavy (non-hydrogen) atoms. The molecule has 4 rings (SSSR count). The number of hydrogen-bond acceptors (Lipinski definition) is 3. The van der Waals surface area contributed by atoms with Crippen LogP contribution in [0.1, 0.15) is 27.5 Å². The molecule has 1 fully saturated rings. The zero-order chi connectivity index (χ0) is 15.8. The van der Waals surface area contributed by atoms with Gasteiger partial charge in [-0.1, -0.05) is 24.3 Å². The minimum absolute atomic E-state index is 0.0213. The molecule has 1 saturated heterocycles. The molecule has 5 nitrogen and oxygen atoms in total. The van der Waals surface area contributed by atoms with Gasteiger partial charge in [0.15, 0.2) is 0 Å². The number of piperazine rings is 1. The van der Waals surface area contributed by atoms with Crippen LogP contribution in [0.5, 0.6) is 0 Å². The van der Waals surface area contributed by atoms with E-state index >= 15 is 0 Å². The van der Waals surface area contributed by atoms with Gasteiger partial charge < -0.3 is 9.80 Å². The van der Waals surface area contributed by atoms with Crippen LogP contribution in [-0.4, -0.2) is 46.2 Å². The fourth-order valence-electron chi connectivity index (χ4n) is 3.50. The van der Waals surface area contributed by atoms with Crippen LogP contribution in [-0.2, 0) is 11.2 Å². The zero-order valence-corrected chi connectivity index (χ0v) is 12.7. The molecule has 1 aromatic carbocycles. The molecule has 0 saturated carbocycles. The van der Waals surface area contributed by atoms with Crippen LogP contribution in [0.15, 0.2) is 48.8 Å². The highest BCUT2D eigenvalue weighted by atomic mass is 16.2. The predicted molar refractivity (Wildman–Crippen MR) is 84.7 cm³/mol. The fraction of sp³-hybridized carbons (Fsp3) is 0.278. The van der Waals surface area contributed by atoms with Crippen molar-refractivity contribution in [3.05, 3.63) is 65.5 Å². The standard InChI is InChI=1S/C18H17N3O2/c22-17-12-20(18(23)14-5-3-8-19-10-14)11-16-15-6-2-1-4-13(15)7-9-21(16)17/h1-6,8,10,16H,7,9,11-12H2. The van der Waals surface area contributed by atoms with Crippen molar-refractivity contribution in [3.8, 4) is 0 Å². The van der Waals surface area contributed by atoms with E-state index in [0.29, 0.717) is 12.1 Å². The Morgan fingerprint density at radius 1 is 1.17 bits per heavy atom. The molecule has 1 atom stereocenters. The first-order chi connectivity index (χ1) is 11.2. The highest BCUT2D eigenvalue weighted by molar-refractivity contribution is 5.97. The van der Waals surface area contributed by atoms with E-state index in [2.05, 4.69) is 17.1 Å². The summed E-state index contributed by atoms with van der Waals surface area (Å²) in [5.41, 5.74) is 2.96. The third-order valence-corrected chi connectivity index (χ3v) is 4.65. The van der Waals surface area contributed by atoms with E-state index in [0.717, 1.165) is 18.5 Å². The molecule has 116 valence electrons. The van der Waals surface area contributed by atoms with Gasteiger partial charge in [-0.05, 0) is 29.7 Å². The monoisotopic (exact) mass is 307 g/mol. The van der Waals surface area contributed by atoms with Crippen molar-refractivity contribution in [1.82, 2.24) is 14.8 Å². The van der Waals surface area contributed by atoms with Crippen molar-refractivity contribution in [2.45, 2.75) is 12.5 Å². The topological polar surface area (TPSA) is 53.5 Å². The highest BCUT2D eigenvalue weighted by Gasteiger charge is 2.38. The average Bonchev–Trinajstić information content (AvgIpc) is 2.61. The maximum atomic E-state index is 12.6. The van der Waals surface area contributed by atoms with Gasteiger partial charge in [-0.3, -0.25) is 14.6 Å². The lowest BCUT2D eigenvalue weighted by atomic mass is 9.90. The summed E-state index contributed by atoms with van der Waals surface area (Å²) in [6.07, 6.45) is 4.07. The maximum Gasteiger partial charge on any atom is 0.255 e. The smallest absolute Gasteiger partial charge is 0.255 e. The Balaban J connectivity index is 1.65. The Bertz CT molecular complexity index is 760. The van der Waals surface area contributed by atoms with Crippen LogP contribution in [0.2, 0.25) is 0 Å². The summed E-state index contributed by atoms with van der Waals surface area (Å²) in [4.78, 5) is 32.7. The number of hydrogen-bond donors (Lipinski definition) is 0. The Kier molecular flexibility index (Phi) is 3.33. The molecule has 0 radical (unpaired) electrons. The molecular weight excluding hydrogens is 290 g/mol. The SMILES string of the molecule is O=C(c1cccnc1)N1CC(=O)N2CCc3ccccc3C2C1. The number of carbonyl (C=O) groups is 2. The number of carbonyl (C=O) groups excluding carboxylic acids is 2. The first-order valence-corrected chi connectivity index (χ1v) is 7.80. The van der Waals surface area contributed by atoms with Crippen molar-refractivity contribution >= 4 is 11.8 Å². The summed E-state index contributed by atoms with van der Waals surface area (Å²) in [6.45, 7) is 1.41. The molecule has 0 N–H and O–H groups in total. The molecule has 1 aromatic heterocycles. The summed E-state index contributed by atoms with van der Waals surface area (Å²) in [5, 5.41) is 0. The summed E-state index contributed by atoms with van der Waals surface area (Å²) >= 11 is 0. The van der Waals surface area contributed by atoms with Gasteiger partial charge in [0.25, 0.3) is 5.91 Å². The maximum absolute atomic E-state index is 12.6. The average molecular weight is 307 g/mol. The zero-order valence-electron chi connectivity index (χ0n) is 12.7. The summed E-state index contributed by atoms with van der Waals surface area (Å²) in [5.74, 6) is -0.109.